The van der Waals surface area contributed by atoms with E-state index in [1.165, 1.54) is 82.4 Å². The summed E-state index contributed by atoms with van der Waals surface area (Å²) >= 11 is 1.34. The monoisotopic (exact) mass is 355 g/mol. The molecule has 1 aliphatic rings. The summed E-state index contributed by atoms with van der Waals surface area (Å²) in [5.74, 6) is 0.904. The van der Waals surface area contributed by atoms with Crippen LogP contribution in [0.2, 0.25) is 0 Å². The molecule has 1 aliphatic heterocycles. The van der Waals surface area contributed by atoms with Crippen LogP contribution in [0.5, 0.6) is 0 Å². The lowest BCUT2D eigenvalue weighted by Crippen LogP contribution is -2.36. The number of nitrogens with one attached hydrogen (secondary N) is 1. The Morgan fingerprint density at radius 1 is 0.917 bits per heavy atom. The van der Waals surface area contributed by atoms with Crippen molar-refractivity contribution in [2.45, 2.75) is 109 Å². The van der Waals surface area contributed by atoms with Gasteiger partial charge in [0, 0.05) is 12.2 Å². The molecule has 0 bridgehead atoms. The zero-order valence-electron chi connectivity index (χ0n) is 15.6. The van der Waals surface area contributed by atoms with Gasteiger partial charge in [-0.3, -0.25) is 9.59 Å². The molecule has 1 heterocycles. The predicted molar refractivity (Wildman–Crippen MR) is 104 cm³/mol. The molecule has 1 unspecified atom stereocenters. The number of unbranched alkanes of at least 4 members (excludes halogenated alkanes) is 12. The van der Waals surface area contributed by atoms with Gasteiger partial charge in [0.1, 0.15) is 0 Å². The van der Waals surface area contributed by atoms with E-state index >= 15 is 0 Å². The standard InChI is InChI=1S/C20H37NO2S/c1-2-3-4-5-6-7-8-9-10-11-12-13-14-15-19(22)21-18-16-17-24-20(18)23/h18H,2-17H2,1H3,(H,21,22). The Labute approximate surface area is 153 Å². The minimum absolute atomic E-state index is 0.0546. The molecule has 1 amide bonds. The fourth-order valence-corrected chi connectivity index (χ4v) is 4.13. The molecule has 1 N–H and O–H groups in total. The Morgan fingerprint density at radius 3 is 1.88 bits per heavy atom. The Bertz CT molecular complexity index is 347. The van der Waals surface area contributed by atoms with Crippen molar-refractivity contribution in [1.29, 1.82) is 0 Å². The number of amides is 1. The van der Waals surface area contributed by atoms with E-state index in [0.717, 1.165) is 25.0 Å². The summed E-state index contributed by atoms with van der Waals surface area (Å²) in [4.78, 5) is 23.2. The van der Waals surface area contributed by atoms with Crippen LogP contribution in [-0.2, 0) is 9.59 Å². The number of carbonyl (C=O) groups excluding carboxylic acids is 2. The van der Waals surface area contributed by atoms with Gasteiger partial charge in [0.25, 0.3) is 0 Å². The second kappa shape index (κ2) is 14.8. The average Bonchev–Trinajstić information content (AvgIpc) is 2.97. The van der Waals surface area contributed by atoms with Gasteiger partial charge in [0.05, 0.1) is 6.04 Å². The predicted octanol–water partition coefficient (Wildman–Crippen LogP) is 5.62. The third-order valence-electron chi connectivity index (χ3n) is 4.78. The van der Waals surface area contributed by atoms with Gasteiger partial charge in [0.2, 0.25) is 11.0 Å². The Balaban J connectivity index is 1.78. The van der Waals surface area contributed by atoms with Crippen molar-refractivity contribution in [3.05, 3.63) is 0 Å². The summed E-state index contributed by atoms with van der Waals surface area (Å²) in [6.45, 7) is 2.27. The number of rotatable bonds is 15. The molecule has 1 atom stereocenters. The number of hydrogen-bond donors (Lipinski definition) is 1. The Kier molecular flexibility index (Phi) is 13.3. The van der Waals surface area contributed by atoms with E-state index in [2.05, 4.69) is 12.2 Å². The van der Waals surface area contributed by atoms with Gasteiger partial charge in [-0.15, -0.1) is 0 Å². The molecule has 0 aromatic heterocycles. The third kappa shape index (κ3) is 11.1. The van der Waals surface area contributed by atoms with Crippen LogP contribution in [0.3, 0.4) is 0 Å². The molecule has 0 aromatic rings. The summed E-state index contributed by atoms with van der Waals surface area (Å²) in [6.07, 6.45) is 18.5. The van der Waals surface area contributed by atoms with Crippen LogP contribution in [0.4, 0.5) is 0 Å². The number of hydrogen-bond acceptors (Lipinski definition) is 3. The van der Waals surface area contributed by atoms with Crippen LogP contribution in [-0.4, -0.2) is 22.8 Å². The van der Waals surface area contributed by atoms with Crippen molar-refractivity contribution in [2.75, 3.05) is 5.75 Å². The fraction of sp³-hybridized carbons (Fsp3) is 0.900. The highest BCUT2D eigenvalue weighted by atomic mass is 32.2. The first-order valence-electron chi connectivity index (χ1n) is 10.2. The van der Waals surface area contributed by atoms with Crippen molar-refractivity contribution < 1.29 is 9.59 Å². The van der Waals surface area contributed by atoms with Gasteiger partial charge in [-0.25, -0.2) is 0 Å². The molecule has 140 valence electrons. The van der Waals surface area contributed by atoms with Crippen molar-refractivity contribution in [3.8, 4) is 0 Å². The lowest BCUT2D eigenvalue weighted by molar-refractivity contribution is -0.124. The van der Waals surface area contributed by atoms with E-state index in [1.807, 2.05) is 0 Å². The van der Waals surface area contributed by atoms with Gasteiger partial charge in [-0.1, -0.05) is 95.7 Å². The molecule has 1 fully saturated rings. The summed E-state index contributed by atoms with van der Waals surface area (Å²) in [5.41, 5.74) is 0. The second-order valence-electron chi connectivity index (χ2n) is 7.07. The van der Waals surface area contributed by atoms with Crippen LogP contribution in [0, 0.1) is 0 Å². The van der Waals surface area contributed by atoms with Gasteiger partial charge >= 0.3 is 0 Å². The van der Waals surface area contributed by atoms with Crippen LogP contribution in [0.15, 0.2) is 0 Å². The Morgan fingerprint density at radius 2 is 1.42 bits per heavy atom. The van der Waals surface area contributed by atoms with E-state index in [0.29, 0.717) is 6.42 Å². The molecule has 0 aromatic carbocycles. The first kappa shape index (κ1) is 21.5. The van der Waals surface area contributed by atoms with E-state index < -0.39 is 0 Å². The smallest absolute Gasteiger partial charge is 0.220 e. The highest BCUT2D eigenvalue weighted by molar-refractivity contribution is 8.14. The zero-order valence-corrected chi connectivity index (χ0v) is 16.4. The summed E-state index contributed by atoms with van der Waals surface area (Å²) in [6, 6.07) is -0.218. The maximum atomic E-state index is 11.8. The van der Waals surface area contributed by atoms with Gasteiger partial charge < -0.3 is 5.32 Å². The fourth-order valence-electron chi connectivity index (χ4n) is 3.20. The molecular weight excluding hydrogens is 318 g/mol. The van der Waals surface area contributed by atoms with Gasteiger partial charge in [-0.05, 0) is 12.8 Å². The minimum Gasteiger partial charge on any atom is -0.345 e. The van der Waals surface area contributed by atoms with E-state index in [9.17, 15) is 9.59 Å². The summed E-state index contributed by atoms with van der Waals surface area (Å²) < 4.78 is 0. The largest absolute Gasteiger partial charge is 0.345 e. The van der Waals surface area contributed by atoms with Crippen molar-refractivity contribution in [3.63, 3.8) is 0 Å². The van der Waals surface area contributed by atoms with E-state index in [1.54, 1.807) is 0 Å². The topological polar surface area (TPSA) is 46.2 Å². The van der Waals surface area contributed by atoms with Crippen LogP contribution < -0.4 is 5.32 Å². The second-order valence-corrected chi connectivity index (χ2v) is 8.17. The average molecular weight is 356 g/mol. The molecular formula is C20H37NO2S. The summed E-state index contributed by atoms with van der Waals surface area (Å²) in [5, 5.41) is 3.00. The highest BCUT2D eigenvalue weighted by Gasteiger charge is 2.26. The molecule has 0 radical (unpaired) electrons. The molecule has 4 heteroatoms. The first-order valence-corrected chi connectivity index (χ1v) is 11.2. The maximum Gasteiger partial charge on any atom is 0.220 e. The molecule has 0 spiro atoms. The molecule has 3 nitrogen and oxygen atoms in total. The first-order chi connectivity index (χ1) is 11.7. The third-order valence-corrected chi connectivity index (χ3v) is 5.79. The van der Waals surface area contributed by atoms with Crippen LogP contribution in [0.1, 0.15) is 103 Å². The highest BCUT2D eigenvalue weighted by Crippen LogP contribution is 2.19. The van der Waals surface area contributed by atoms with Gasteiger partial charge in [0.15, 0.2) is 0 Å². The number of thioether (sulfide) groups is 1. The SMILES string of the molecule is CCCCCCCCCCCCCCCC(=O)NC1CCSC1=O. The van der Waals surface area contributed by atoms with Crippen molar-refractivity contribution in [1.82, 2.24) is 5.32 Å². The molecule has 1 rings (SSSR count). The molecule has 0 saturated carbocycles. The van der Waals surface area contributed by atoms with Crippen molar-refractivity contribution in [2.24, 2.45) is 0 Å². The van der Waals surface area contributed by atoms with E-state index in [4.69, 9.17) is 0 Å². The van der Waals surface area contributed by atoms with Crippen LogP contribution in [0.25, 0.3) is 0 Å². The maximum absolute atomic E-state index is 11.8. The summed E-state index contributed by atoms with van der Waals surface area (Å²) in [7, 11) is 0. The lowest BCUT2D eigenvalue weighted by Gasteiger charge is -2.09. The van der Waals surface area contributed by atoms with Crippen molar-refractivity contribution >= 4 is 22.8 Å². The molecule has 24 heavy (non-hydrogen) atoms. The normalized spacial score (nSPS) is 17.4. The Hall–Kier alpha value is -0.510. The van der Waals surface area contributed by atoms with Gasteiger partial charge in [-0.2, -0.15) is 0 Å². The lowest BCUT2D eigenvalue weighted by atomic mass is 10.0. The molecule has 0 aliphatic carbocycles. The molecule has 1 saturated heterocycles. The van der Waals surface area contributed by atoms with Crippen LogP contribution >= 0.6 is 11.8 Å². The quantitative estimate of drug-likeness (QED) is 0.388. The zero-order chi connectivity index (χ0) is 17.5. The number of carbonyl (C=O) groups is 2. The van der Waals surface area contributed by atoms with E-state index in [-0.39, 0.29) is 17.1 Å². The minimum atomic E-state index is -0.218.